The van der Waals surface area contributed by atoms with Gasteiger partial charge in [-0.15, -0.1) is 0 Å². The molecule has 74 heavy (non-hydrogen) atoms. The normalized spacial score (nSPS) is 41.8. The largest absolute Gasteiger partial charge is 0.461 e. The highest BCUT2D eigenvalue weighted by Crippen LogP contribution is 2.70. The Morgan fingerprint density at radius 1 is 0.514 bits per heavy atom. The van der Waals surface area contributed by atoms with Crippen molar-refractivity contribution < 1.29 is 48.3 Å². The molecule has 6 unspecified atom stereocenters. The van der Waals surface area contributed by atoms with E-state index < -0.39 is 24.1 Å². The van der Waals surface area contributed by atoms with Gasteiger partial charge < -0.3 is 29.2 Å². The molecule has 10 heteroatoms. The molecule has 0 radical (unpaired) electrons. The summed E-state index contributed by atoms with van der Waals surface area (Å²) < 4.78 is 23.3. The van der Waals surface area contributed by atoms with Crippen molar-refractivity contribution in [1.29, 1.82) is 0 Å². The highest BCUT2D eigenvalue weighted by Gasteiger charge is 2.66. The number of fused-ring (bicyclic) bond motifs is 10. The van der Waals surface area contributed by atoms with Gasteiger partial charge >= 0.3 is 23.9 Å². The van der Waals surface area contributed by atoms with Crippen molar-refractivity contribution >= 4 is 23.9 Å². The number of hydrogen-bond donors (Lipinski definition) is 2. The third kappa shape index (κ3) is 9.93. The van der Waals surface area contributed by atoms with Gasteiger partial charge in [-0.25, -0.2) is 9.59 Å². The second-order valence-electron chi connectivity index (χ2n) is 26.8. The lowest BCUT2D eigenvalue weighted by Crippen LogP contribution is -2.59. The Morgan fingerprint density at radius 2 is 0.905 bits per heavy atom. The zero-order valence-electron chi connectivity index (χ0n) is 45.7. The highest BCUT2D eigenvalue weighted by molar-refractivity contribution is 6.29. The molecule has 0 aromatic heterocycles. The Hall–Kier alpha value is -3.76. The Morgan fingerprint density at radius 3 is 1.30 bits per heavy atom. The van der Waals surface area contributed by atoms with E-state index in [1.807, 2.05) is 60.7 Å². The number of carbonyl (C=O) groups excluding carboxylic acids is 4. The van der Waals surface area contributed by atoms with Crippen LogP contribution in [0.4, 0.5) is 0 Å². The van der Waals surface area contributed by atoms with Gasteiger partial charge in [0.2, 0.25) is 0 Å². The number of rotatable bonds is 14. The van der Waals surface area contributed by atoms with E-state index in [4.69, 9.17) is 18.9 Å². The number of aliphatic hydroxyl groups excluding tert-OH is 2. The van der Waals surface area contributed by atoms with Crippen LogP contribution in [0, 0.1) is 92.7 Å². The minimum absolute atomic E-state index is 0.0414. The van der Waals surface area contributed by atoms with E-state index in [1.54, 1.807) is 0 Å². The van der Waals surface area contributed by atoms with Crippen molar-refractivity contribution in [3.8, 4) is 0 Å². The fourth-order valence-electron chi connectivity index (χ4n) is 19.6. The molecule has 8 saturated carbocycles. The first-order chi connectivity index (χ1) is 35.4. The van der Waals surface area contributed by atoms with E-state index in [1.165, 1.54) is 0 Å². The topological polar surface area (TPSA) is 146 Å². The van der Waals surface area contributed by atoms with E-state index in [0.717, 1.165) is 127 Å². The third-order valence-electron chi connectivity index (χ3n) is 23.8. The van der Waals surface area contributed by atoms with Gasteiger partial charge in [-0.1, -0.05) is 102 Å². The lowest BCUT2D eigenvalue weighted by Gasteiger charge is -2.62. The van der Waals surface area contributed by atoms with Gasteiger partial charge in [0, 0.05) is 12.8 Å². The first kappa shape index (κ1) is 53.6. The van der Waals surface area contributed by atoms with Crippen LogP contribution in [0.25, 0.3) is 0 Å². The van der Waals surface area contributed by atoms with Crippen LogP contribution in [-0.4, -0.2) is 58.5 Å². The van der Waals surface area contributed by atoms with Crippen LogP contribution in [0.3, 0.4) is 0 Å². The lowest BCUT2D eigenvalue weighted by molar-refractivity contribution is -0.192. The summed E-state index contributed by atoms with van der Waals surface area (Å²) in [6.45, 7) is 14.7. The second-order valence-corrected chi connectivity index (χ2v) is 26.8. The summed E-state index contributed by atoms with van der Waals surface area (Å²) >= 11 is 0. The summed E-state index contributed by atoms with van der Waals surface area (Å²) in [5.74, 6) is 2.86. The summed E-state index contributed by atoms with van der Waals surface area (Å²) in [5, 5.41) is 24.4. The van der Waals surface area contributed by atoms with Gasteiger partial charge in [0.05, 0.1) is 12.2 Å². The van der Waals surface area contributed by atoms with Gasteiger partial charge in [-0.3, -0.25) is 9.59 Å². The fourth-order valence-corrected chi connectivity index (χ4v) is 19.6. The molecule has 8 aliphatic rings. The van der Waals surface area contributed by atoms with Crippen molar-refractivity contribution in [2.24, 2.45) is 92.7 Å². The van der Waals surface area contributed by atoms with E-state index in [0.29, 0.717) is 97.1 Å². The molecule has 0 aliphatic heterocycles. The molecule has 2 aromatic carbocycles. The Balaban J connectivity index is 0.677. The van der Waals surface area contributed by atoms with Crippen LogP contribution < -0.4 is 0 Å². The minimum atomic E-state index is -0.854. The zero-order chi connectivity index (χ0) is 52.2. The number of esters is 4. The molecule has 10 rings (SSSR count). The molecule has 8 fully saturated rings. The van der Waals surface area contributed by atoms with Gasteiger partial charge in [0.15, 0.2) is 0 Å². The lowest BCUT2D eigenvalue weighted by atomic mass is 9.43. The summed E-state index contributed by atoms with van der Waals surface area (Å²) in [6, 6.07) is 19.6. The fraction of sp³-hybridized carbons (Fsp3) is 0.750. The van der Waals surface area contributed by atoms with Crippen LogP contribution in [0.15, 0.2) is 60.7 Å². The van der Waals surface area contributed by atoms with Gasteiger partial charge in [-0.2, -0.15) is 0 Å². The predicted molar refractivity (Wildman–Crippen MR) is 282 cm³/mol. The molecule has 0 amide bonds. The Kier molecular flexibility index (Phi) is 15.6. The quantitative estimate of drug-likeness (QED) is 0.107. The molecule has 0 bridgehead atoms. The van der Waals surface area contributed by atoms with Crippen LogP contribution in [0.1, 0.15) is 181 Å². The van der Waals surface area contributed by atoms with Crippen LogP contribution in [-0.2, 0) is 51.3 Å². The summed E-state index contributed by atoms with van der Waals surface area (Å²) in [4.78, 5) is 52.7. The van der Waals surface area contributed by atoms with Crippen LogP contribution in [0.5, 0.6) is 0 Å². The highest BCUT2D eigenvalue weighted by atomic mass is 16.6. The van der Waals surface area contributed by atoms with Gasteiger partial charge in [0.1, 0.15) is 25.4 Å². The van der Waals surface area contributed by atoms with Crippen LogP contribution >= 0.6 is 0 Å². The SMILES string of the molecule is C[C@H](CCC(=O)OCc1ccccc1)[C@H]1CCC2C3CC[C@@H]4C[C@H](OC(=O)C(=O)O[C@@H]5CC[C@]6(C)C7C[C@H](O)[C@@]8(C)C(CC[C@@H]8[C@H](C)CCC(=O)OCc8ccccc8)C7CC[C@@H]6C5)CC[C@]4(C)C3C[C@H](O)[C@@]21C. The van der Waals surface area contributed by atoms with E-state index in [9.17, 15) is 29.4 Å². The smallest absolute Gasteiger partial charge is 0.417 e. The molecule has 406 valence electrons. The summed E-state index contributed by atoms with van der Waals surface area (Å²) in [6.07, 6.45) is 16.0. The van der Waals surface area contributed by atoms with Crippen molar-refractivity contribution in [2.75, 3.05) is 0 Å². The molecule has 0 heterocycles. The first-order valence-corrected chi connectivity index (χ1v) is 29.6. The number of benzene rings is 2. The van der Waals surface area contributed by atoms with Crippen LogP contribution in [0.2, 0.25) is 0 Å². The molecular weight excluding hydrogens is 929 g/mol. The molecule has 0 saturated heterocycles. The van der Waals surface area contributed by atoms with Crippen molar-refractivity contribution in [3.63, 3.8) is 0 Å². The molecular formula is C64H90O10. The number of aliphatic hydroxyl groups is 2. The number of carbonyl (C=O) groups is 4. The average Bonchev–Trinajstić information content (AvgIpc) is 3.97. The molecule has 2 aromatic rings. The maximum absolute atomic E-state index is 13.5. The number of ether oxygens (including phenoxy) is 4. The molecule has 10 nitrogen and oxygen atoms in total. The second kappa shape index (κ2) is 21.6. The monoisotopic (exact) mass is 1020 g/mol. The van der Waals surface area contributed by atoms with E-state index in [-0.39, 0.29) is 45.8 Å². The Bertz CT molecular complexity index is 2140. The molecule has 20 atom stereocenters. The maximum atomic E-state index is 13.5. The third-order valence-corrected chi connectivity index (χ3v) is 23.8. The molecule has 8 aliphatic carbocycles. The summed E-state index contributed by atoms with van der Waals surface area (Å²) in [7, 11) is 0. The van der Waals surface area contributed by atoms with Crippen molar-refractivity contribution in [3.05, 3.63) is 71.8 Å². The zero-order valence-corrected chi connectivity index (χ0v) is 45.7. The van der Waals surface area contributed by atoms with Gasteiger partial charge in [-0.05, 0) is 219 Å². The molecule has 2 N–H and O–H groups in total. The molecule has 0 spiro atoms. The standard InChI is InChI=1S/C64H90O10/c1-39(17-27-57(67)71-37-41-13-9-7-10-14-41)49-23-25-51-47-21-19-43-33-45(29-31-61(43,3)53(47)35-55(65)63(49,51)5)73-59(69)60(70)74-46-30-32-62(4)44(34-46)20-22-48-52-26-24-50(64(52,6)56(66)36-54(48)62)40(2)18-28-58(68)72-38-42-15-11-8-12-16-42/h7-16,39-40,43-56,65-66H,17-38H2,1-6H3/t39-,40-,43-,44-,45-,46-,47?,48?,49-,50-,51?,52?,53?,54?,55+,56+,61+,62+,63-,64-/m1/s1. The van der Waals surface area contributed by atoms with E-state index in [2.05, 4.69) is 41.5 Å². The van der Waals surface area contributed by atoms with E-state index >= 15 is 0 Å². The summed E-state index contributed by atoms with van der Waals surface area (Å²) in [5.41, 5.74) is 1.72. The Labute approximate surface area is 442 Å². The predicted octanol–water partition coefficient (Wildman–Crippen LogP) is 12.4. The first-order valence-electron chi connectivity index (χ1n) is 29.6. The van der Waals surface area contributed by atoms with Gasteiger partial charge in [0.25, 0.3) is 0 Å². The number of hydrogen-bond acceptors (Lipinski definition) is 10. The average molecular weight is 1020 g/mol. The van der Waals surface area contributed by atoms with Crippen molar-refractivity contribution in [2.45, 2.75) is 208 Å². The minimum Gasteiger partial charge on any atom is -0.461 e. The maximum Gasteiger partial charge on any atom is 0.417 e. The van der Waals surface area contributed by atoms with Crippen molar-refractivity contribution in [1.82, 2.24) is 0 Å².